The van der Waals surface area contributed by atoms with Gasteiger partial charge in [-0.15, -0.1) is 0 Å². The van der Waals surface area contributed by atoms with Crippen molar-refractivity contribution in [2.75, 3.05) is 0 Å². The highest BCUT2D eigenvalue weighted by Crippen LogP contribution is 2.45. The van der Waals surface area contributed by atoms with Gasteiger partial charge in [-0.25, -0.2) is 24.9 Å². The fourth-order valence-corrected chi connectivity index (χ4v) is 18.0. The van der Waals surface area contributed by atoms with Crippen LogP contribution in [0, 0.1) is 0 Å². The molecule has 0 saturated heterocycles. The third kappa shape index (κ3) is 12.0. The topological polar surface area (TPSA) is 84.2 Å². The van der Waals surface area contributed by atoms with Gasteiger partial charge in [0.25, 0.3) is 0 Å². The molecule has 9 heteroatoms. The molecule has 0 radical (unpaired) electrons. The first-order chi connectivity index (χ1) is 59.5. The van der Waals surface area contributed by atoms with E-state index in [2.05, 4.69) is 364 Å². The first-order valence-corrected chi connectivity index (χ1v) is 40.7. The van der Waals surface area contributed by atoms with E-state index in [1.54, 1.807) is 0 Å². The minimum Gasteiger partial charge on any atom is -0.309 e. The molecule has 0 bridgehead atoms. The zero-order valence-electron chi connectivity index (χ0n) is 65.0. The van der Waals surface area contributed by atoms with Crippen LogP contribution in [-0.2, 0) is 0 Å². The van der Waals surface area contributed by atoms with Gasteiger partial charge < -0.3 is 18.3 Å². The zero-order chi connectivity index (χ0) is 79.1. The zero-order valence-corrected chi connectivity index (χ0v) is 65.0. The molecule has 0 unspecified atom stereocenters. The Morgan fingerprint density at radius 1 is 0.150 bits per heavy atom. The van der Waals surface area contributed by atoms with Crippen molar-refractivity contribution in [2.24, 2.45) is 0 Å². The summed E-state index contributed by atoms with van der Waals surface area (Å²) in [5.74, 6) is 2.64. The second kappa shape index (κ2) is 28.9. The molecule has 0 spiro atoms. The molecule has 24 rings (SSSR count). The van der Waals surface area contributed by atoms with Crippen LogP contribution < -0.4 is 0 Å². The van der Waals surface area contributed by atoms with Crippen LogP contribution in [0.4, 0.5) is 0 Å². The maximum atomic E-state index is 5.10. The highest BCUT2D eigenvalue weighted by Gasteiger charge is 2.23. The number of benzene rings is 18. The van der Waals surface area contributed by atoms with Gasteiger partial charge in [-0.2, -0.15) is 0 Å². The number of hydrogen-bond donors (Lipinski definition) is 0. The third-order valence-corrected chi connectivity index (χ3v) is 23.7. The van der Waals surface area contributed by atoms with Gasteiger partial charge in [0.2, 0.25) is 0 Å². The fourth-order valence-electron chi connectivity index (χ4n) is 18.0. The Hall–Kier alpha value is -16.2. The summed E-state index contributed by atoms with van der Waals surface area (Å²) in [6.45, 7) is 0. The summed E-state index contributed by atoms with van der Waals surface area (Å²) in [5.41, 5.74) is 26.5. The molecular weight excluding hydrogens is 1460 g/mol. The molecule has 560 valence electrons. The van der Waals surface area contributed by atoms with E-state index >= 15 is 0 Å². The molecule has 0 saturated carbocycles. The van der Waals surface area contributed by atoms with Crippen LogP contribution in [0.2, 0.25) is 0 Å². The quantitative estimate of drug-likeness (QED) is 0.122. The monoisotopic (exact) mass is 1530 g/mol. The van der Waals surface area contributed by atoms with Crippen molar-refractivity contribution in [1.82, 2.24) is 43.2 Å². The molecule has 0 amide bonds. The van der Waals surface area contributed by atoms with Crippen LogP contribution in [0.5, 0.6) is 0 Å². The number of nitrogens with zero attached hydrogens (tertiary/aromatic N) is 9. The lowest BCUT2D eigenvalue weighted by molar-refractivity contribution is 1.08. The van der Waals surface area contributed by atoms with Crippen molar-refractivity contribution >= 4 is 109 Å². The summed E-state index contributed by atoms with van der Waals surface area (Å²) < 4.78 is 9.56. The first-order valence-electron chi connectivity index (χ1n) is 40.7. The van der Waals surface area contributed by atoms with Gasteiger partial charge in [-0.3, -0.25) is 0 Å². The summed E-state index contributed by atoms with van der Waals surface area (Å²) in [5, 5.41) is 14.5. The summed E-state index contributed by atoms with van der Waals surface area (Å²) in [6.07, 6.45) is 0. The van der Waals surface area contributed by atoms with Crippen molar-refractivity contribution in [2.45, 2.75) is 0 Å². The van der Waals surface area contributed by atoms with Gasteiger partial charge in [0, 0.05) is 98.9 Å². The molecule has 0 aliphatic carbocycles. The lowest BCUT2D eigenvalue weighted by Crippen LogP contribution is -2.01. The maximum Gasteiger partial charge on any atom is 0.164 e. The van der Waals surface area contributed by atoms with Gasteiger partial charge in [0.15, 0.2) is 23.3 Å². The molecule has 120 heavy (non-hydrogen) atoms. The minimum absolute atomic E-state index is 0.640. The number of aromatic nitrogens is 9. The van der Waals surface area contributed by atoms with E-state index in [0.717, 1.165) is 89.3 Å². The largest absolute Gasteiger partial charge is 0.309 e. The predicted molar refractivity (Wildman–Crippen MR) is 498 cm³/mol. The van der Waals surface area contributed by atoms with E-state index in [-0.39, 0.29) is 0 Å². The van der Waals surface area contributed by atoms with Crippen LogP contribution in [0.1, 0.15) is 0 Å². The van der Waals surface area contributed by atoms with Crippen LogP contribution in [0.15, 0.2) is 431 Å². The smallest absolute Gasteiger partial charge is 0.164 e. The maximum absolute atomic E-state index is 5.10. The molecular formula is C111H71N9. The Morgan fingerprint density at radius 3 is 0.908 bits per heavy atom. The van der Waals surface area contributed by atoms with Crippen LogP contribution in [0.25, 0.3) is 222 Å². The second-order valence-electron chi connectivity index (χ2n) is 30.7. The summed E-state index contributed by atoms with van der Waals surface area (Å²) in [6, 6.07) is 153. The molecule has 0 N–H and O–H groups in total. The van der Waals surface area contributed by atoms with Crippen molar-refractivity contribution < 1.29 is 0 Å². The van der Waals surface area contributed by atoms with Crippen LogP contribution in [0.3, 0.4) is 0 Å². The number of hydrogen-bond acceptors (Lipinski definition) is 5. The SMILES string of the molecule is c1ccc(-c2cc(-c3ccc(-n4c5ccc(-c6ccc7c(c6)c6ccccc6n7-c6ccccc6)cc5c5cc6ccccc6cc54)cc3)nc(-c3ccccc3)n2)cc1.c1ccc(-c2nc(-c3ccccc3)nc(-c3ccc(-n4c5ccccc5c5cc(-c6ccc7c(c6)c6ccccc6n7-c6ccccc6)ccc54)c4ccccc34)n2)cc1. The fraction of sp³-hybridized carbons (Fsp3) is 0. The second-order valence-corrected chi connectivity index (χ2v) is 30.7. The summed E-state index contributed by atoms with van der Waals surface area (Å²) in [4.78, 5) is 25.3. The van der Waals surface area contributed by atoms with E-state index < -0.39 is 0 Å². The highest BCUT2D eigenvalue weighted by atomic mass is 15.0. The number of rotatable bonds is 12. The summed E-state index contributed by atoms with van der Waals surface area (Å²) in [7, 11) is 0. The molecule has 6 heterocycles. The van der Waals surface area contributed by atoms with Crippen LogP contribution >= 0.6 is 0 Å². The van der Waals surface area contributed by atoms with Crippen molar-refractivity contribution in [3.05, 3.63) is 431 Å². The molecule has 0 aliphatic heterocycles. The Bertz CT molecular complexity index is 8000. The standard InChI is InChI=1S/C56H36N4.C55H35N5/c1-4-14-37(15-5-1)50-36-51(58-56(57-50)39-16-6-2-7-17-39)38-24-28-45(29-25-38)60-54-31-27-43(34-48(54)49-32-40-18-10-11-19-41(40)35-55(49)60)42-26-30-53-47(33-42)46-22-12-13-23-52(46)59(53)44-20-8-3-9-21-44;1-4-16-36(17-5-1)53-56-54(37-18-6-2-7-19-37)58-55(57-53)45-30-33-50(42-23-11-10-22-41(42)45)60-49-27-15-13-25-44(49)47-35-39(29-32-52(47)60)38-28-31-51-46(34-38)43-24-12-14-26-48(43)59(51)40-20-8-3-9-21-40/h1-36H;1-35H. The molecule has 24 aromatic rings. The van der Waals surface area contributed by atoms with Gasteiger partial charge in [0.1, 0.15) is 0 Å². The minimum atomic E-state index is 0.640. The first kappa shape index (κ1) is 69.3. The van der Waals surface area contributed by atoms with Gasteiger partial charge in [-0.05, 0) is 172 Å². The van der Waals surface area contributed by atoms with E-state index in [1.165, 1.54) is 109 Å². The number of para-hydroxylation sites is 5. The Labute approximate surface area is 691 Å². The average Bonchev–Trinajstić information content (AvgIpc) is 1.56. The molecule has 6 aromatic heterocycles. The average molecular weight is 1530 g/mol. The highest BCUT2D eigenvalue weighted by molar-refractivity contribution is 6.17. The van der Waals surface area contributed by atoms with E-state index in [1.807, 2.05) is 84.9 Å². The van der Waals surface area contributed by atoms with E-state index in [0.29, 0.717) is 23.3 Å². The van der Waals surface area contributed by atoms with E-state index in [9.17, 15) is 0 Å². The number of fused-ring (bicyclic) bond motifs is 14. The Morgan fingerprint density at radius 2 is 0.450 bits per heavy atom. The van der Waals surface area contributed by atoms with Gasteiger partial charge in [-0.1, -0.05) is 297 Å². The molecule has 9 nitrogen and oxygen atoms in total. The Balaban J connectivity index is 0.000000140. The van der Waals surface area contributed by atoms with Crippen molar-refractivity contribution in [3.63, 3.8) is 0 Å². The van der Waals surface area contributed by atoms with Crippen molar-refractivity contribution in [3.8, 4) is 113 Å². The Kier molecular flexibility index (Phi) is 16.7. The van der Waals surface area contributed by atoms with Crippen LogP contribution in [-0.4, -0.2) is 43.2 Å². The lowest BCUT2D eigenvalue weighted by Gasteiger charge is -2.15. The predicted octanol–water partition coefficient (Wildman–Crippen LogP) is 28.4. The normalized spacial score (nSPS) is 11.7. The van der Waals surface area contributed by atoms with E-state index in [4.69, 9.17) is 24.9 Å². The molecule has 18 aromatic carbocycles. The third-order valence-electron chi connectivity index (χ3n) is 23.7. The molecule has 0 fully saturated rings. The molecule has 0 aliphatic rings. The molecule has 0 atom stereocenters. The van der Waals surface area contributed by atoms with Crippen molar-refractivity contribution in [1.29, 1.82) is 0 Å². The summed E-state index contributed by atoms with van der Waals surface area (Å²) >= 11 is 0. The van der Waals surface area contributed by atoms with Gasteiger partial charge >= 0.3 is 0 Å². The lowest BCUT2D eigenvalue weighted by atomic mass is 10.00. The van der Waals surface area contributed by atoms with Gasteiger partial charge in [0.05, 0.1) is 61.2 Å².